The van der Waals surface area contributed by atoms with E-state index in [4.69, 9.17) is 0 Å². The van der Waals surface area contributed by atoms with Crippen LogP contribution in [0.5, 0.6) is 0 Å². The molecule has 0 heterocycles. The largest absolute Gasteiger partial charge is 0.0737 e. The number of hydrogen-bond donors (Lipinski definition) is 0. The Bertz CT molecular complexity index is 3320. The molecule has 0 aromatic heterocycles. The first-order valence-corrected chi connectivity index (χ1v) is 21.9. The molecule has 2 unspecified atom stereocenters. The summed E-state index contributed by atoms with van der Waals surface area (Å²) < 4.78 is 0. The minimum atomic E-state index is 0.220. The molecular weight excluding hydrogens is 733 g/mol. The van der Waals surface area contributed by atoms with Crippen molar-refractivity contribution in [1.29, 1.82) is 0 Å². The van der Waals surface area contributed by atoms with E-state index in [2.05, 4.69) is 221 Å². The maximum Gasteiger partial charge on any atom is 0.00768 e. The second kappa shape index (κ2) is 15.2. The maximum atomic E-state index is 2.52. The average Bonchev–Trinajstić information content (AvgIpc) is 3.30. The van der Waals surface area contributed by atoms with Gasteiger partial charge in [0.1, 0.15) is 0 Å². The number of allylic oxidation sites excluding steroid dienone is 8. The summed E-state index contributed by atoms with van der Waals surface area (Å²) in [5.74, 6) is 0.468. The first-order chi connectivity index (χ1) is 30.0. The van der Waals surface area contributed by atoms with Crippen LogP contribution < -0.4 is 0 Å². The number of fused-ring (bicyclic) bond motifs is 6. The Morgan fingerprint density at radius 2 is 0.770 bits per heavy atom. The van der Waals surface area contributed by atoms with Crippen LogP contribution in [-0.4, -0.2) is 0 Å². The van der Waals surface area contributed by atoms with Gasteiger partial charge in [-0.15, -0.1) is 0 Å². The molecule has 11 rings (SSSR count). The van der Waals surface area contributed by atoms with Crippen LogP contribution in [0, 0.1) is 6.92 Å². The summed E-state index contributed by atoms with van der Waals surface area (Å²) in [6, 6.07) is 65.5. The molecule has 0 saturated heterocycles. The zero-order valence-electron chi connectivity index (χ0n) is 35.1. The van der Waals surface area contributed by atoms with Crippen LogP contribution in [0.2, 0.25) is 0 Å². The van der Waals surface area contributed by atoms with E-state index >= 15 is 0 Å². The van der Waals surface area contributed by atoms with Gasteiger partial charge in [0.25, 0.3) is 0 Å². The highest BCUT2D eigenvalue weighted by Gasteiger charge is 2.27. The Balaban J connectivity index is 1.01. The standard InChI is InChI=1S/C61H48/c1-39-30-44(46-32-40(2)34-48(37-46)60-56-28-16-12-24-52(56)50-22-10-14-26-54(50)58(60)42-18-6-4-7-19-42)36-45(31-39)47-33-41(3)35-49(38-47)61-57-29-17-13-25-53(57)51-23-11-15-27-55(51)59(61)43-20-8-5-9-21-43/h4-36,46,49H,37-38H2,1-3H3. The van der Waals surface area contributed by atoms with E-state index in [-0.39, 0.29) is 11.8 Å². The minimum absolute atomic E-state index is 0.220. The molecule has 0 bridgehead atoms. The molecule has 0 spiro atoms. The normalized spacial score (nSPS) is 16.7. The number of rotatable bonds is 6. The Kier molecular flexibility index (Phi) is 9.24. The highest BCUT2D eigenvalue weighted by Crippen LogP contribution is 2.49. The van der Waals surface area contributed by atoms with E-state index < -0.39 is 0 Å². The van der Waals surface area contributed by atoms with E-state index in [0.29, 0.717) is 0 Å². The van der Waals surface area contributed by atoms with Crippen LogP contribution in [0.4, 0.5) is 0 Å². The van der Waals surface area contributed by atoms with Crippen molar-refractivity contribution < 1.29 is 0 Å². The summed E-state index contributed by atoms with van der Waals surface area (Å²) >= 11 is 0. The third kappa shape index (κ3) is 6.55. The van der Waals surface area contributed by atoms with Crippen molar-refractivity contribution >= 4 is 54.2 Å². The molecular formula is C61H48. The second-order valence-corrected chi connectivity index (χ2v) is 17.4. The van der Waals surface area contributed by atoms with Crippen LogP contribution in [0.15, 0.2) is 211 Å². The Morgan fingerprint density at radius 3 is 1.36 bits per heavy atom. The summed E-state index contributed by atoms with van der Waals surface area (Å²) in [5, 5.41) is 10.5. The second-order valence-electron chi connectivity index (χ2n) is 17.4. The molecule has 0 N–H and O–H groups in total. The Morgan fingerprint density at radius 1 is 0.344 bits per heavy atom. The predicted octanol–water partition coefficient (Wildman–Crippen LogP) is 17.0. The summed E-state index contributed by atoms with van der Waals surface area (Å²) in [6.07, 6.45) is 11.8. The van der Waals surface area contributed by atoms with Crippen molar-refractivity contribution in [2.75, 3.05) is 0 Å². The van der Waals surface area contributed by atoms with E-state index in [0.717, 1.165) is 12.8 Å². The van der Waals surface area contributed by atoms with Crippen molar-refractivity contribution in [1.82, 2.24) is 0 Å². The first-order valence-electron chi connectivity index (χ1n) is 21.9. The number of aryl methyl sites for hydroxylation is 1. The van der Waals surface area contributed by atoms with Crippen LogP contribution >= 0.6 is 0 Å². The van der Waals surface area contributed by atoms with Gasteiger partial charge in [-0.25, -0.2) is 0 Å². The summed E-state index contributed by atoms with van der Waals surface area (Å²) in [4.78, 5) is 0. The van der Waals surface area contributed by atoms with Gasteiger partial charge in [-0.1, -0.05) is 217 Å². The predicted molar refractivity (Wildman–Crippen MR) is 263 cm³/mol. The molecule has 2 atom stereocenters. The van der Waals surface area contributed by atoms with Crippen molar-refractivity contribution in [3.05, 3.63) is 239 Å². The van der Waals surface area contributed by atoms with Crippen molar-refractivity contribution in [2.45, 2.75) is 45.4 Å². The lowest BCUT2D eigenvalue weighted by atomic mass is 9.75. The summed E-state index contributed by atoms with van der Waals surface area (Å²) in [5.41, 5.74) is 17.5. The molecule has 9 aromatic carbocycles. The minimum Gasteiger partial charge on any atom is -0.0737 e. The van der Waals surface area contributed by atoms with Gasteiger partial charge in [-0.2, -0.15) is 0 Å². The Hall–Kier alpha value is -7.02. The molecule has 9 aromatic rings. The van der Waals surface area contributed by atoms with Crippen LogP contribution in [0.3, 0.4) is 0 Å². The van der Waals surface area contributed by atoms with E-state index in [1.807, 2.05) is 0 Å². The van der Waals surface area contributed by atoms with Gasteiger partial charge in [0, 0.05) is 11.8 Å². The average molecular weight is 781 g/mol. The fourth-order valence-corrected chi connectivity index (χ4v) is 10.8. The molecule has 0 aliphatic heterocycles. The molecule has 0 amide bonds. The fourth-order valence-electron chi connectivity index (χ4n) is 10.8. The zero-order chi connectivity index (χ0) is 41.0. The summed E-state index contributed by atoms with van der Waals surface area (Å²) in [7, 11) is 0. The quantitative estimate of drug-likeness (QED) is 0.147. The molecule has 0 saturated carbocycles. The van der Waals surface area contributed by atoms with Gasteiger partial charge < -0.3 is 0 Å². The lowest BCUT2D eigenvalue weighted by molar-refractivity contribution is 0.851. The molecule has 0 radical (unpaired) electrons. The molecule has 0 fully saturated rings. The molecule has 2 aliphatic carbocycles. The number of benzene rings is 9. The highest BCUT2D eigenvalue weighted by molar-refractivity contribution is 6.19. The molecule has 0 heteroatoms. The van der Waals surface area contributed by atoms with Gasteiger partial charge in [-0.05, 0) is 132 Å². The monoisotopic (exact) mass is 780 g/mol. The zero-order valence-corrected chi connectivity index (χ0v) is 35.1. The third-order valence-corrected chi connectivity index (χ3v) is 13.2. The van der Waals surface area contributed by atoms with Gasteiger partial charge in [0.2, 0.25) is 0 Å². The molecule has 292 valence electrons. The topological polar surface area (TPSA) is 0 Å². The third-order valence-electron chi connectivity index (χ3n) is 13.2. The highest BCUT2D eigenvalue weighted by atomic mass is 14.3. The van der Waals surface area contributed by atoms with Crippen LogP contribution in [-0.2, 0) is 0 Å². The molecule has 2 aliphatic rings. The van der Waals surface area contributed by atoms with Crippen LogP contribution in [0.25, 0.3) is 76.5 Å². The first kappa shape index (κ1) is 37.0. The van der Waals surface area contributed by atoms with E-state index in [9.17, 15) is 0 Å². The molecule has 0 nitrogen and oxygen atoms in total. The Labute approximate surface area is 359 Å². The van der Waals surface area contributed by atoms with Gasteiger partial charge in [-0.3, -0.25) is 0 Å². The fraction of sp³-hybridized carbons (Fsp3) is 0.115. The summed E-state index contributed by atoms with van der Waals surface area (Å²) in [6.45, 7) is 6.85. The lowest BCUT2D eigenvalue weighted by Crippen LogP contribution is -2.08. The van der Waals surface area contributed by atoms with Crippen molar-refractivity contribution in [3.8, 4) is 22.3 Å². The molecule has 61 heavy (non-hydrogen) atoms. The van der Waals surface area contributed by atoms with E-state index in [1.165, 1.54) is 115 Å². The van der Waals surface area contributed by atoms with Gasteiger partial charge >= 0.3 is 0 Å². The van der Waals surface area contributed by atoms with Gasteiger partial charge in [0.05, 0.1) is 0 Å². The smallest absolute Gasteiger partial charge is 0.00768 e. The van der Waals surface area contributed by atoms with Crippen LogP contribution in [0.1, 0.15) is 66.3 Å². The maximum absolute atomic E-state index is 2.52. The van der Waals surface area contributed by atoms with Crippen molar-refractivity contribution in [3.63, 3.8) is 0 Å². The van der Waals surface area contributed by atoms with Gasteiger partial charge in [0.15, 0.2) is 0 Å². The number of hydrogen-bond acceptors (Lipinski definition) is 0. The van der Waals surface area contributed by atoms with E-state index in [1.54, 1.807) is 0 Å². The SMILES string of the molecule is CC1=CC(c2cc(C)cc(C3=CC(C)=CC(c4c(-c5ccccc5)c5ccccc5c5ccccc45)C3)c2)CC(c2c(-c3ccccc3)c3ccccc3c3ccccc23)=C1. The van der Waals surface area contributed by atoms with Crippen molar-refractivity contribution in [2.24, 2.45) is 0 Å². The lowest BCUT2D eigenvalue weighted by Gasteiger charge is -2.28.